The summed E-state index contributed by atoms with van der Waals surface area (Å²) >= 11 is 11.3. The Kier molecular flexibility index (Phi) is 7.32. The lowest BCUT2D eigenvalue weighted by molar-refractivity contribution is -0.137. The van der Waals surface area contributed by atoms with E-state index in [9.17, 15) is 14.3 Å². The van der Waals surface area contributed by atoms with Gasteiger partial charge in [0.2, 0.25) is 5.95 Å². The van der Waals surface area contributed by atoms with Crippen molar-refractivity contribution in [3.8, 4) is 0 Å². The number of carboxylic acids is 1. The monoisotopic (exact) mass is 459 g/mol. The van der Waals surface area contributed by atoms with Crippen LogP contribution in [0.2, 0.25) is 5.02 Å². The van der Waals surface area contributed by atoms with E-state index >= 15 is 0 Å². The minimum Gasteiger partial charge on any atom is -0.481 e. The third-order valence-corrected chi connectivity index (χ3v) is 4.62. The number of anilines is 3. The number of benzene rings is 2. The maximum absolute atomic E-state index is 13.1. The number of thiocarbonyl (C=S) groups is 1. The number of aromatic nitrogens is 2. The first kappa shape index (κ1) is 22.4. The van der Waals surface area contributed by atoms with Crippen molar-refractivity contribution in [3.63, 3.8) is 0 Å². The van der Waals surface area contributed by atoms with Crippen molar-refractivity contribution in [2.75, 3.05) is 10.6 Å². The molecular formula is C21H19ClFN5O2S. The second-order valence-electron chi connectivity index (χ2n) is 6.65. The second-order valence-corrected chi connectivity index (χ2v) is 7.50. The van der Waals surface area contributed by atoms with Gasteiger partial charge in [-0.15, -0.1) is 0 Å². The molecule has 4 N–H and O–H groups in total. The highest BCUT2D eigenvalue weighted by Gasteiger charge is 2.17. The number of nitrogens with zero attached hydrogens (tertiary/aromatic N) is 2. The van der Waals surface area contributed by atoms with Gasteiger partial charge in [0, 0.05) is 22.5 Å². The van der Waals surface area contributed by atoms with Crippen LogP contribution in [-0.4, -0.2) is 26.2 Å². The summed E-state index contributed by atoms with van der Waals surface area (Å²) < 4.78 is 13.1. The SMILES string of the molecule is Cc1cc(Nc2ccc(F)cc2)nc(NC(=S)N[C@@H](CC(=O)O)c2ccc(Cl)cc2)n1. The summed E-state index contributed by atoms with van der Waals surface area (Å²) in [6.45, 7) is 1.79. The van der Waals surface area contributed by atoms with Crippen LogP contribution in [0.15, 0.2) is 54.6 Å². The molecule has 31 heavy (non-hydrogen) atoms. The first-order valence-corrected chi connectivity index (χ1v) is 10.00. The van der Waals surface area contributed by atoms with E-state index in [1.54, 1.807) is 49.4 Å². The molecule has 0 aliphatic carbocycles. The molecule has 0 saturated heterocycles. The predicted molar refractivity (Wildman–Crippen MR) is 122 cm³/mol. The number of aryl methyl sites for hydroxylation is 1. The molecule has 0 bridgehead atoms. The molecule has 0 spiro atoms. The molecule has 0 fully saturated rings. The van der Waals surface area contributed by atoms with Crippen molar-refractivity contribution in [2.24, 2.45) is 0 Å². The molecule has 7 nitrogen and oxygen atoms in total. The van der Waals surface area contributed by atoms with Gasteiger partial charge in [-0.3, -0.25) is 4.79 Å². The Morgan fingerprint density at radius 1 is 1.16 bits per heavy atom. The van der Waals surface area contributed by atoms with Gasteiger partial charge in [-0.2, -0.15) is 4.98 Å². The summed E-state index contributed by atoms with van der Waals surface area (Å²) in [7, 11) is 0. The molecular weight excluding hydrogens is 441 g/mol. The Morgan fingerprint density at radius 3 is 2.48 bits per heavy atom. The van der Waals surface area contributed by atoms with Gasteiger partial charge in [0.1, 0.15) is 11.6 Å². The van der Waals surface area contributed by atoms with Crippen LogP contribution in [0.5, 0.6) is 0 Å². The zero-order valence-electron chi connectivity index (χ0n) is 16.4. The molecule has 1 heterocycles. The van der Waals surface area contributed by atoms with Crippen molar-refractivity contribution < 1.29 is 14.3 Å². The number of rotatable bonds is 7. The van der Waals surface area contributed by atoms with Crippen LogP contribution in [0.25, 0.3) is 0 Å². The highest BCUT2D eigenvalue weighted by Crippen LogP contribution is 2.20. The van der Waals surface area contributed by atoms with Gasteiger partial charge in [0.25, 0.3) is 0 Å². The number of aliphatic carboxylic acids is 1. The van der Waals surface area contributed by atoms with Crippen LogP contribution in [0.1, 0.15) is 23.7 Å². The average Bonchev–Trinajstić information content (AvgIpc) is 2.69. The topological polar surface area (TPSA) is 99.2 Å². The van der Waals surface area contributed by atoms with Crippen LogP contribution in [0.3, 0.4) is 0 Å². The first-order valence-electron chi connectivity index (χ1n) is 9.21. The fourth-order valence-electron chi connectivity index (χ4n) is 2.79. The molecule has 160 valence electrons. The fourth-order valence-corrected chi connectivity index (χ4v) is 3.15. The van der Waals surface area contributed by atoms with E-state index in [1.165, 1.54) is 12.1 Å². The van der Waals surface area contributed by atoms with Crippen molar-refractivity contribution in [2.45, 2.75) is 19.4 Å². The van der Waals surface area contributed by atoms with Gasteiger partial charge in [0.05, 0.1) is 12.5 Å². The maximum atomic E-state index is 13.1. The number of hydrogen-bond acceptors (Lipinski definition) is 5. The first-order chi connectivity index (χ1) is 14.8. The molecule has 1 atom stereocenters. The highest BCUT2D eigenvalue weighted by atomic mass is 35.5. The molecule has 3 aromatic rings. The summed E-state index contributed by atoms with van der Waals surface area (Å²) in [6.07, 6.45) is -0.185. The Morgan fingerprint density at radius 2 is 1.84 bits per heavy atom. The standard InChI is InChI=1S/C21H19ClFN5O2S/c1-12-10-18(25-16-8-6-15(23)7-9-16)27-20(24-12)28-21(31)26-17(11-19(29)30)13-2-4-14(22)5-3-13/h2-10,17H,11H2,1H3,(H,29,30)(H3,24,25,26,27,28,31)/t17-/m0/s1. The van der Waals surface area contributed by atoms with E-state index in [-0.39, 0.29) is 23.3 Å². The van der Waals surface area contributed by atoms with E-state index in [0.717, 1.165) is 5.56 Å². The Bertz CT molecular complexity index is 1080. The van der Waals surface area contributed by atoms with Crippen LogP contribution in [-0.2, 0) is 4.79 Å². The van der Waals surface area contributed by atoms with Crippen LogP contribution < -0.4 is 16.0 Å². The van der Waals surface area contributed by atoms with Crippen molar-refractivity contribution in [3.05, 3.63) is 76.7 Å². The normalized spacial score (nSPS) is 11.5. The maximum Gasteiger partial charge on any atom is 0.305 e. The third-order valence-electron chi connectivity index (χ3n) is 4.15. The van der Waals surface area contributed by atoms with Crippen LogP contribution in [0, 0.1) is 12.7 Å². The molecule has 3 rings (SSSR count). The van der Waals surface area contributed by atoms with Gasteiger partial charge in [-0.1, -0.05) is 23.7 Å². The summed E-state index contributed by atoms with van der Waals surface area (Å²) in [5, 5.41) is 18.9. The lowest BCUT2D eigenvalue weighted by atomic mass is 10.0. The van der Waals surface area contributed by atoms with Gasteiger partial charge in [0.15, 0.2) is 5.11 Å². The Hall–Kier alpha value is -3.30. The zero-order chi connectivity index (χ0) is 22.4. The number of nitrogens with one attached hydrogen (secondary N) is 3. The van der Waals surface area contributed by atoms with E-state index in [4.69, 9.17) is 23.8 Å². The molecule has 1 aromatic heterocycles. The smallest absolute Gasteiger partial charge is 0.305 e. The number of halogens is 2. The average molecular weight is 460 g/mol. The summed E-state index contributed by atoms with van der Waals surface area (Å²) in [5.74, 6) is -0.593. The molecule has 10 heteroatoms. The third kappa shape index (κ3) is 6.87. The van der Waals surface area contributed by atoms with E-state index in [1.807, 2.05) is 0 Å². The second kappa shape index (κ2) is 10.1. The van der Waals surface area contributed by atoms with Crippen molar-refractivity contribution in [1.82, 2.24) is 15.3 Å². The molecule has 0 aliphatic heterocycles. The largest absolute Gasteiger partial charge is 0.481 e. The van der Waals surface area contributed by atoms with Gasteiger partial charge in [-0.25, -0.2) is 9.37 Å². The molecule has 0 amide bonds. The Labute approximate surface area is 188 Å². The van der Waals surface area contributed by atoms with Gasteiger partial charge < -0.3 is 21.1 Å². The molecule has 0 aliphatic rings. The van der Waals surface area contributed by atoms with E-state index in [2.05, 4.69) is 25.9 Å². The lowest BCUT2D eigenvalue weighted by Gasteiger charge is -2.20. The van der Waals surface area contributed by atoms with E-state index < -0.39 is 12.0 Å². The van der Waals surface area contributed by atoms with Crippen LogP contribution in [0.4, 0.5) is 21.8 Å². The Balaban J connectivity index is 1.72. The number of carbonyl (C=O) groups is 1. The van der Waals surface area contributed by atoms with Crippen molar-refractivity contribution >= 4 is 52.4 Å². The molecule has 0 radical (unpaired) electrons. The summed E-state index contributed by atoms with van der Waals surface area (Å²) in [5.41, 5.74) is 2.06. The van der Waals surface area contributed by atoms with E-state index in [0.29, 0.717) is 22.2 Å². The molecule has 0 saturated carbocycles. The zero-order valence-corrected chi connectivity index (χ0v) is 18.0. The van der Waals surface area contributed by atoms with Crippen molar-refractivity contribution in [1.29, 1.82) is 0 Å². The fraction of sp³-hybridized carbons (Fsp3) is 0.143. The minimum atomic E-state index is -0.979. The number of hydrogen-bond donors (Lipinski definition) is 4. The summed E-state index contributed by atoms with van der Waals surface area (Å²) in [4.78, 5) is 19.9. The van der Waals surface area contributed by atoms with Gasteiger partial charge >= 0.3 is 5.97 Å². The van der Waals surface area contributed by atoms with Crippen LogP contribution >= 0.6 is 23.8 Å². The number of carboxylic acid groups (broad SMARTS) is 1. The van der Waals surface area contributed by atoms with Gasteiger partial charge in [-0.05, 0) is 61.1 Å². The molecule has 2 aromatic carbocycles. The lowest BCUT2D eigenvalue weighted by Crippen LogP contribution is -2.34. The minimum absolute atomic E-state index is 0.166. The quantitative estimate of drug-likeness (QED) is 0.373. The molecule has 0 unspecified atom stereocenters. The predicted octanol–water partition coefficient (Wildman–Crippen LogP) is 4.82. The summed E-state index contributed by atoms with van der Waals surface area (Å²) in [6, 6.07) is 13.9. The highest BCUT2D eigenvalue weighted by molar-refractivity contribution is 7.80.